The molecule has 1 heterocycles. The van der Waals surface area contributed by atoms with Gasteiger partial charge in [-0.05, 0) is 44.0 Å². The minimum Gasteiger partial charge on any atom is -0.494 e. The number of benzene rings is 1. The summed E-state index contributed by atoms with van der Waals surface area (Å²) in [4.78, 5) is 12.1. The number of ether oxygens (including phenoxy) is 2. The number of hydrogen-bond donors (Lipinski definition) is 0. The van der Waals surface area contributed by atoms with E-state index < -0.39 is 10.8 Å². The lowest BCUT2D eigenvalue weighted by Gasteiger charge is -2.21. The van der Waals surface area contributed by atoms with E-state index in [0.29, 0.717) is 25.4 Å². The standard InChI is InChI=1S/C15H20O4S/c1-2-19-13-5-3-12(4-6-13)15(16)11-20(17)14-7-9-18-10-8-14/h3-6,14H,2,7-11H2,1H3. The van der Waals surface area contributed by atoms with Crippen LogP contribution in [0.4, 0.5) is 0 Å². The number of carbonyl (C=O) groups excluding carboxylic acids is 1. The van der Waals surface area contributed by atoms with Crippen molar-refractivity contribution in [1.29, 1.82) is 0 Å². The van der Waals surface area contributed by atoms with Crippen molar-refractivity contribution in [2.75, 3.05) is 25.6 Å². The van der Waals surface area contributed by atoms with Crippen molar-refractivity contribution < 1.29 is 18.5 Å². The molecule has 0 spiro atoms. The van der Waals surface area contributed by atoms with E-state index in [1.807, 2.05) is 6.92 Å². The molecule has 1 unspecified atom stereocenters. The Morgan fingerprint density at radius 1 is 1.30 bits per heavy atom. The Kier molecular flexibility index (Phi) is 5.73. The maximum atomic E-state index is 12.2. The molecule has 2 rings (SSSR count). The van der Waals surface area contributed by atoms with Gasteiger partial charge < -0.3 is 9.47 Å². The van der Waals surface area contributed by atoms with Gasteiger partial charge in [-0.2, -0.15) is 0 Å². The molecule has 1 aliphatic heterocycles. The highest BCUT2D eigenvalue weighted by atomic mass is 32.2. The summed E-state index contributed by atoms with van der Waals surface area (Å²) in [6, 6.07) is 7.01. The molecule has 110 valence electrons. The zero-order valence-corrected chi connectivity index (χ0v) is 12.5. The van der Waals surface area contributed by atoms with Gasteiger partial charge in [-0.25, -0.2) is 0 Å². The molecule has 0 bridgehead atoms. The van der Waals surface area contributed by atoms with Gasteiger partial charge >= 0.3 is 0 Å². The third-order valence-electron chi connectivity index (χ3n) is 3.30. The normalized spacial score (nSPS) is 17.6. The summed E-state index contributed by atoms with van der Waals surface area (Å²) in [5.74, 6) is 0.769. The van der Waals surface area contributed by atoms with Crippen LogP contribution in [0.2, 0.25) is 0 Å². The lowest BCUT2D eigenvalue weighted by molar-refractivity contribution is 0.0980. The van der Waals surface area contributed by atoms with Gasteiger partial charge in [0.1, 0.15) is 5.75 Å². The highest BCUT2D eigenvalue weighted by Gasteiger charge is 2.22. The summed E-state index contributed by atoms with van der Waals surface area (Å²) in [7, 11) is -1.11. The van der Waals surface area contributed by atoms with Gasteiger partial charge in [0.2, 0.25) is 0 Å². The summed E-state index contributed by atoms with van der Waals surface area (Å²) in [5, 5.41) is 0.0930. The third kappa shape index (κ3) is 4.15. The van der Waals surface area contributed by atoms with E-state index in [2.05, 4.69) is 0 Å². The Bertz CT molecular complexity index is 463. The quantitative estimate of drug-likeness (QED) is 0.755. The molecular formula is C15H20O4S. The average molecular weight is 296 g/mol. The van der Waals surface area contributed by atoms with E-state index in [0.717, 1.165) is 18.6 Å². The van der Waals surface area contributed by atoms with E-state index >= 15 is 0 Å². The molecule has 4 nitrogen and oxygen atoms in total. The monoisotopic (exact) mass is 296 g/mol. The van der Waals surface area contributed by atoms with Crippen molar-refractivity contribution in [3.63, 3.8) is 0 Å². The summed E-state index contributed by atoms with van der Waals surface area (Å²) in [6.45, 7) is 3.80. The fourth-order valence-corrected chi connectivity index (χ4v) is 3.55. The second-order valence-electron chi connectivity index (χ2n) is 4.72. The van der Waals surface area contributed by atoms with Crippen molar-refractivity contribution in [3.8, 4) is 5.75 Å². The maximum Gasteiger partial charge on any atom is 0.175 e. The fraction of sp³-hybridized carbons (Fsp3) is 0.533. The van der Waals surface area contributed by atoms with E-state index in [1.165, 1.54) is 0 Å². The second kappa shape index (κ2) is 7.55. The summed E-state index contributed by atoms with van der Waals surface area (Å²) >= 11 is 0. The van der Waals surface area contributed by atoms with Crippen LogP contribution >= 0.6 is 0 Å². The van der Waals surface area contributed by atoms with E-state index in [-0.39, 0.29) is 16.8 Å². The average Bonchev–Trinajstić information content (AvgIpc) is 2.49. The topological polar surface area (TPSA) is 52.6 Å². The molecule has 1 aliphatic rings. The first-order valence-corrected chi connectivity index (χ1v) is 8.30. The molecule has 1 aromatic rings. The van der Waals surface area contributed by atoms with Crippen LogP contribution in [0.1, 0.15) is 30.1 Å². The highest BCUT2D eigenvalue weighted by Crippen LogP contribution is 2.16. The van der Waals surface area contributed by atoms with Gasteiger partial charge in [0.05, 0.1) is 12.4 Å². The molecular weight excluding hydrogens is 276 g/mol. The minimum atomic E-state index is -1.11. The number of ketones is 1. The third-order valence-corrected chi connectivity index (χ3v) is 5.06. The lowest BCUT2D eigenvalue weighted by atomic mass is 10.1. The van der Waals surface area contributed by atoms with Gasteiger partial charge in [-0.15, -0.1) is 0 Å². The Balaban J connectivity index is 1.91. The second-order valence-corrected chi connectivity index (χ2v) is 6.43. The minimum absolute atomic E-state index is 0.0714. The van der Waals surface area contributed by atoms with Gasteiger partial charge in [-0.1, -0.05) is 0 Å². The van der Waals surface area contributed by atoms with Crippen molar-refractivity contribution in [1.82, 2.24) is 0 Å². The van der Waals surface area contributed by atoms with Crippen LogP contribution in [0.15, 0.2) is 24.3 Å². The van der Waals surface area contributed by atoms with Crippen molar-refractivity contribution in [3.05, 3.63) is 29.8 Å². The number of rotatable bonds is 6. The molecule has 0 amide bonds. The zero-order chi connectivity index (χ0) is 14.4. The molecule has 0 aromatic heterocycles. The largest absolute Gasteiger partial charge is 0.494 e. The fourth-order valence-electron chi connectivity index (χ4n) is 2.17. The Hall–Kier alpha value is -1.20. The zero-order valence-electron chi connectivity index (χ0n) is 11.7. The van der Waals surface area contributed by atoms with E-state index in [9.17, 15) is 9.00 Å². The van der Waals surface area contributed by atoms with Crippen molar-refractivity contribution in [2.45, 2.75) is 25.0 Å². The number of hydrogen-bond acceptors (Lipinski definition) is 4. The molecule has 5 heteroatoms. The Labute approximate surface area is 121 Å². The molecule has 0 aliphatic carbocycles. The van der Waals surface area contributed by atoms with Gasteiger partial charge in [-0.3, -0.25) is 9.00 Å². The van der Waals surface area contributed by atoms with Gasteiger partial charge in [0.25, 0.3) is 0 Å². The van der Waals surface area contributed by atoms with Crippen LogP contribution < -0.4 is 4.74 Å². The van der Waals surface area contributed by atoms with Gasteiger partial charge in [0, 0.05) is 34.8 Å². The van der Waals surface area contributed by atoms with Crippen LogP contribution in [0.5, 0.6) is 5.75 Å². The Morgan fingerprint density at radius 3 is 2.55 bits per heavy atom. The molecule has 1 atom stereocenters. The van der Waals surface area contributed by atoms with Crippen LogP contribution in [0.3, 0.4) is 0 Å². The first-order chi connectivity index (χ1) is 9.70. The molecule has 1 saturated heterocycles. The van der Waals surface area contributed by atoms with Gasteiger partial charge in [0.15, 0.2) is 5.78 Å². The molecule has 20 heavy (non-hydrogen) atoms. The van der Waals surface area contributed by atoms with Crippen molar-refractivity contribution in [2.24, 2.45) is 0 Å². The molecule has 0 saturated carbocycles. The first kappa shape index (κ1) is 15.2. The number of carbonyl (C=O) groups is 1. The predicted molar refractivity (Wildman–Crippen MR) is 78.8 cm³/mol. The molecule has 0 N–H and O–H groups in total. The Morgan fingerprint density at radius 2 is 1.95 bits per heavy atom. The predicted octanol–water partition coefficient (Wildman–Crippen LogP) is 2.20. The first-order valence-electron chi connectivity index (χ1n) is 6.91. The van der Waals surface area contributed by atoms with Crippen LogP contribution in [-0.2, 0) is 15.5 Å². The lowest BCUT2D eigenvalue weighted by Crippen LogP contribution is -2.28. The van der Waals surface area contributed by atoms with E-state index in [1.54, 1.807) is 24.3 Å². The van der Waals surface area contributed by atoms with E-state index in [4.69, 9.17) is 9.47 Å². The molecule has 1 fully saturated rings. The summed E-state index contributed by atoms with van der Waals surface area (Å²) in [5.41, 5.74) is 0.592. The van der Waals surface area contributed by atoms with Crippen LogP contribution in [-0.4, -0.2) is 40.8 Å². The molecule has 1 aromatic carbocycles. The smallest absolute Gasteiger partial charge is 0.175 e. The molecule has 0 radical (unpaired) electrons. The number of Topliss-reactive ketones (excluding diaryl/α,β-unsaturated/α-hetero) is 1. The van der Waals surface area contributed by atoms with Crippen LogP contribution in [0, 0.1) is 0 Å². The summed E-state index contributed by atoms with van der Waals surface area (Å²) in [6.07, 6.45) is 1.56. The van der Waals surface area contributed by atoms with Crippen molar-refractivity contribution >= 4 is 16.6 Å². The van der Waals surface area contributed by atoms with Crippen LogP contribution in [0.25, 0.3) is 0 Å². The summed E-state index contributed by atoms with van der Waals surface area (Å²) < 4.78 is 22.7. The SMILES string of the molecule is CCOc1ccc(C(=O)CS(=O)C2CCOCC2)cc1. The highest BCUT2D eigenvalue weighted by molar-refractivity contribution is 7.86. The maximum absolute atomic E-state index is 12.2.